The van der Waals surface area contributed by atoms with Gasteiger partial charge in [0.15, 0.2) is 0 Å². The van der Waals surface area contributed by atoms with Crippen LogP contribution in [0.3, 0.4) is 0 Å². The number of anilines is 1. The maximum absolute atomic E-state index is 12.0. The summed E-state index contributed by atoms with van der Waals surface area (Å²) in [7, 11) is 0. The minimum Gasteiger partial charge on any atom is -0.324 e. The Bertz CT molecular complexity index is 585. The summed E-state index contributed by atoms with van der Waals surface area (Å²) < 4.78 is 0. The van der Waals surface area contributed by atoms with Gasteiger partial charge in [-0.05, 0) is 37.5 Å². The van der Waals surface area contributed by atoms with E-state index in [-0.39, 0.29) is 5.91 Å². The lowest BCUT2D eigenvalue weighted by molar-refractivity contribution is -0.120. The normalized spacial score (nSPS) is 11.2. The lowest BCUT2D eigenvalue weighted by Crippen LogP contribution is -2.45. The Morgan fingerprint density at radius 1 is 1.05 bits per heavy atom. The van der Waals surface area contributed by atoms with Gasteiger partial charge < -0.3 is 11.1 Å². The van der Waals surface area contributed by atoms with Crippen molar-refractivity contribution in [1.82, 2.24) is 0 Å². The van der Waals surface area contributed by atoms with Gasteiger partial charge in [-0.25, -0.2) is 0 Å². The zero-order valence-corrected chi connectivity index (χ0v) is 11.9. The molecule has 0 saturated carbocycles. The van der Waals surface area contributed by atoms with E-state index in [4.69, 9.17) is 5.73 Å². The fraction of sp³-hybridized carbons (Fsp3) is 0.235. The number of carbonyl (C=O) groups is 1. The van der Waals surface area contributed by atoms with E-state index in [2.05, 4.69) is 17.4 Å². The van der Waals surface area contributed by atoms with Crippen molar-refractivity contribution in [2.45, 2.75) is 25.8 Å². The molecule has 0 saturated heterocycles. The van der Waals surface area contributed by atoms with Crippen LogP contribution in [-0.2, 0) is 11.2 Å². The number of hydrogen-bond donors (Lipinski definition) is 2. The Morgan fingerprint density at radius 2 is 1.65 bits per heavy atom. The minimum atomic E-state index is -0.889. The van der Waals surface area contributed by atoms with Crippen molar-refractivity contribution in [3.63, 3.8) is 0 Å². The number of carbonyl (C=O) groups excluding carboxylic acids is 1. The average Bonchev–Trinajstić information content (AvgIpc) is 2.41. The van der Waals surface area contributed by atoms with Gasteiger partial charge in [-0.15, -0.1) is 0 Å². The molecule has 0 aliphatic carbocycles. The van der Waals surface area contributed by atoms with Crippen LogP contribution in [0.1, 0.15) is 25.0 Å². The molecule has 0 fully saturated rings. The van der Waals surface area contributed by atoms with E-state index in [1.54, 1.807) is 13.8 Å². The van der Waals surface area contributed by atoms with Crippen LogP contribution in [0.25, 0.3) is 0 Å². The zero-order chi connectivity index (χ0) is 14.6. The molecule has 0 spiro atoms. The lowest BCUT2D eigenvalue weighted by atomic mass is 10.0. The summed E-state index contributed by atoms with van der Waals surface area (Å²) in [6.45, 7) is 3.39. The number of nitrogens with one attached hydrogen (secondary N) is 1. The molecule has 0 aromatic heterocycles. The van der Waals surface area contributed by atoms with Crippen molar-refractivity contribution in [2.24, 2.45) is 5.73 Å². The predicted octanol–water partition coefficient (Wildman–Crippen LogP) is 2.95. The predicted molar refractivity (Wildman–Crippen MR) is 82.6 cm³/mol. The summed E-state index contributed by atoms with van der Waals surface area (Å²) in [4.78, 5) is 12.0. The molecule has 0 heterocycles. The van der Waals surface area contributed by atoms with Gasteiger partial charge in [-0.1, -0.05) is 48.5 Å². The molecule has 20 heavy (non-hydrogen) atoms. The van der Waals surface area contributed by atoms with Crippen LogP contribution in [0.4, 0.5) is 5.69 Å². The molecule has 3 N–H and O–H groups in total. The van der Waals surface area contributed by atoms with Crippen molar-refractivity contribution in [2.75, 3.05) is 5.32 Å². The minimum absolute atomic E-state index is 0.182. The molecule has 0 radical (unpaired) electrons. The lowest BCUT2D eigenvalue weighted by Gasteiger charge is -2.19. The molecular weight excluding hydrogens is 248 g/mol. The second kappa shape index (κ2) is 5.88. The van der Waals surface area contributed by atoms with Crippen molar-refractivity contribution in [1.29, 1.82) is 0 Å². The van der Waals surface area contributed by atoms with Crippen LogP contribution in [0, 0.1) is 0 Å². The quantitative estimate of drug-likeness (QED) is 0.895. The van der Waals surface area contributed by atoms with Crippen molar-refractivity contribution in [3.8, 4) is 0 Å². The SMILES string of the molecule is CC(C)(N)C(=O)Nc1ccccc1Cc1ccccc1. The molecule has 0 atom stereocenters. The molecule has 104 valence electrons. The van der Waals surface area contributed by atoms with Crippen LogP contribution in [-0.4, -0.2) is 11.4 Å². The van der Waals surface area contributed by atoms with E-state index in [1.807, 2.05) is 42.5 Å². The van der Waals surface area contributed by atoms with Crippen LogP contribution >= 0.6 is 0 Å². The zero-order valence-electron chi connectivity index (χ0n) is 11.9. The summed E-state index contributed by atoms with van der Waals surface area (Å²) in [5, 5.41) is 2.91. The molecule has 0 unspecified atom stereocenters. The van der Waals surface area contributed by atoms with E-state index < -0.39 is 5.54 Å². The molecule has 0 bridgehead atoms. The molecule has 3 heteroatoms. The van der Waals surface area contributed by atoms with Gasteiger partial charge in [0.05, 0.1) is 5.54 Å². The summed E-state index contributed by atoms with van der Waals surface area (Å²) in [6.07, 6.45) is 0.780. The van der Waals surface area contributed by atoms with Gasteiger partial charge in [0.25, 0.3) is 0 Å². The van der Waals surface area contributed by atoms with Crippen molar-refractivity contribution < 1.29 is 4.79 Å². The Balaban J connectivity index is 2.21. The molecule has 3 nitrogen and oxygen atoms in total. The van der Waals surface area contributed by atoms with E-state index in [9.17, 15) is 4.79 Å². The van der Waals surface area contributed by atoms with E-state index in [1.165, 1.54) is 5.56 Å². The topological polar surface area (TPSA) is 55.1 Å². The Hall–Kier alpha value is -2.13. The average molecular weight is 268 g/mol. The van der Waals surface area contributed by atoms with E-state index in [0.717, 1.165) is 17.7 Å². The van der Waals surface area contributed by atoms with Gasteiger partial charge >= 0.3 is 0 Å². The standard InChI is InChI=1S/C17H20N2O/c1-17(2,18)16(20)19-15-11-7-6-10-14(15)12-13-8-4-3-5-9-13/h3-11H,12,18H2,1-2H3,(H,19,20). The Kier molecular flexibility index (Phi) is 4.20. The van der Waals surface area contributed by atoms with E-state index in [0.29, 0.717) is 0 Å². The van der Waals surface area contributed by atoms with Crippen LogP contribution in [0.15, 0.2) is 54.6 Å². The third-order valence-corrected chi connectivity index (χ3v) is 3.09. The molecule has 1 amide bonds. The fourth-order valence-corrected chi connectivity index (χ4v) is 1.90. The first kappa shape index (κ1) is 14.3. The number of benzene rings is 2. The maximum atomic E-state index is 12.0. The summed E-state index contributed by atoms with van der Waals surface area (Å²) >= 11 is 0. The molecule has 2 aromatic rings. The van der Waals surface area contributed by atoms with Crippen molar-refractivity contribution >= 4 is 11.6 Å². The molecule has 0 aliphatic heterocycles. The van der Waals surface area contributed by atoms with Gasteiger partial charge in [-0.3, -0.25) is 4.79 Å². The van der Waals surface area contributed by atoms with E-state index >= 15 is 0 Å². The highest BCUT2D eigenvalue weighted by Gasteiger charge is 2.22. The molecule has 2 rings (SSSR count). The summed E-state index contributed by atoms with van der Waals surface area (Å²) in [5.41, 5.74) is 8.04. The Labute approximate surface area is 119 Å². The number of amides is 1. The third kappa shape index (κ3) is 3.68. The first-order chi connectivity index (χ1) is 9.47. The number of rotatable bonds is 4. The largest absolute Gasteiger partial charge is 0.324 e. The highest BCUT2D eigenvalue weighted by atomic mass is 16.2. The molecule has 2 aromatic carbocycles. The van der Waals surface area contributed by atoms with Gasteiger partial charge in [0, 0.05) is 5.69 Å². The smallest absolute Gasteiger partial charge is 0.243 e. The first-order valence-corrected chi connectivity index (χ1v) is 6.69. The number of hydrogen-bond acceptors (Lipinski definition) is 2. The van der Waals surface area contributed by atoms with Crippen LogP contribution in [0.5, 0.6) is 0 Å². The maximum Gasteiger partial charge on any atom is 0.243 e. The second-order valence-electron chi connectivity index (χ2n) is 5.50. The second-order valence-corrected chi connectivity index (χ2v) is 5.50. The molecular formula is C17H20N2O. The van der Waals surface area contributed by atoms with Crippen molar-refractivity contribution in [3.05, 3.63) is 65.7 Å². The van der Waals surface area contributed by atoms with Gasteiger partial charge in [0.1, 0.15) is 0 Å². The summed E-state index contributed by atoms with van der Waals surface area (Å²) in [5.74, 6) is -0.182. The highest BCUT2D eigenvalue weighted by Crippen LogP contribution is 2.20. The first-order valence-electron chi connectivity index (χ1n) is 6.69. The number of para-hydroxylation sites is 1. The third-order valence-electron chi connectivity index (χ3n) is 3.09. The highest BCUT2D eigenvalue weighted by molar-refractivity contribution is 5.97. The van der Waals surface area contributed by atoms with Gasteiger partial charge in [-0.2, -0.15) is 0 Å². The fourth-order valence-electron chi connectivity index (χ4n) is 1.90. The monoisotopic (exact) mass is 268 g/mol. The summed E-state index contributed by atoms with van der Waals surface area (Å²) in [6, 6.07) is 18.0. The number of nitrogens with two attached hydrogens (primary N) is 1. The van der Waals surface area contributed by atoms with Crippen LogP contribution in [0.2, 0.25) is 0 Å². The van der Waals surface area contributed by atoms with Crippen LogP contribution < -0.4 is 11.1 Å². The Morgan fingerprint density at radius 3 is 2.30 bits per heavy atom. The van der Waals surface area contributed by atoms with Gasteiger partial charge in [0.2, 0.25) is 5.91 Å². The molecule has 0 aliphatic rings.